The lowest BCUT2D eigenvalue weighted by Crippen LogP contribution is -2.34. The fourth-order valence-electron chi connectivity index (χ4n) is 3.03. The van der Waals surface area contributed by atoms with Crippen molar-refractivity contribution < 1.29 is 23.9 Å². The molecule has 0 amide bonds. The van der Waals surface area contributed by atoms with Gasteiger partial charge in [-0.15, -0.1) is 0 Å². The first kappa shape index (κ1) is 21.4. The monoisotopic (exact) mass is 382 g/mol. The number of ether oxygens (including phenoxy) is 2. The minimum atomic E-state index is -1.10. The van der Waals surface area contributed by atoms with Gasteiger partial charge in [0, 0.05) is 12.0 Å². The number of hydrogen-bond donors (Lipinski definition) is 0. The molecular weight excluding hydrogens is 356 g/mol. The second kappa shape index (κ2) is 10.4. The third-order valence-electron chi connectivity index (χ3n) is 4.47. The molecule has 0 N–H and O–H groups in total. The van der Waals surface area contributed by atoms with E-state index in [1.165, 1.54) is 0 Å². The molecule has 0 radical (unpaired) electrons. The molecule has 5 nitrogen and oxygen atoms in total. The fourth-order valence-corrected chi connectivity index (χ4v) is 3.03. The maximum Gasteiger partial charge on any atom is 0.320 e. The molecule has 5 heteroatoms. The Bertz CT molecular complexity index is 778. The van der Waals surface area contributed by atoms with Gasteiger partial charge in [0.05, 0.1) is 13.2 Å². The molecule has 2 aromatic rings. The zero-order valence-electron chi connectivity index (χ0n) is 16.5. The van der Waals surface area contributed by atoms with E-state index in [-0.39, 0.29) is 25.4 Å². The average molecular weight is 382 g/mol. The predicted molar refractivity (Wildman–Crippen MR) is 107 cm³/mol. The molecule has 0 aliphatic carbocycles. The molecule has 2 rings (SSSR count). The molecule has 0 aliphatic heterocycles. The van der Waals surface area contributed by atoms with Crippen LogP contribution in [0.1, 0.15) is 37.6 Å². The Kier molecular flexibility index (Phi) is 7.93. The van der Waals surface area contributed by atoms with Crippen LogP contribution in [0.15, 0.2) is 54.6 Å². The van der Waals surface area contributed by atoms with Gasteiger partial charge < -0.3 is 9.47 Å². The van der Waals surface area contributed by atoms with E-state index in [2.05, 4.69) is 0 Å². The van der Waals surface area contributed by atoms with E-state index in [0.29, 0.717) is 5.56 Å². The SMILES string of the molecule is CCOC(=O)C(C(=O)OCC)C(C)CC(=O)c1ccc(-c2ccccc2)cc1. The van der Waals surface area contributed by atoms with E-state index in [1.54, 1.807) is 32.9 Å². The molecule has 0 saturated heterocycles. The van der Waals surface area contributed by atoms with Crippen molar-refractivity contribution in [3.8, 4) is 11.1 Å². The van der Waals surface area contributed by atoms with Crippen molar-refractivity contribution in [2.75, 3.05) is 13.2 Å². The second-order valence-electron chi connectivity index (χ2n) is 6.53. The number of benzene rings is 2. The van der Waals surface area contributed by atoms with E-state index >= 15 is 0 Å². The number of hydrogen-bond acceptors (Lipinski definition) is 5. The van der Waals surface area contributed by atoms with Gasteiger partial charge in [-0.3, -0.25) is 14.4 Å². The number of esters is 2. The predicted octanol–water partition coefficient (Wildman–Crippen LogP) is 4.30. The normalized spacial score (nSPS) is 11.7. The fraction of sp³-hybridized carbons (Fsp3) is 0.348. The summed E-state index contributed by atoms with van der Waals surface area (Å²) in [4.78, 5) is 37.0. The van der Waals surface area contributed by atoms with Gasteiger partial charge in [0.15, 0.2) is 11.7 Å². The van der Waals surface area contributed by atoms with E-state index in [9.17, 15) is 14.4 Å². The van der Waals surface area contributed by atoms with Crippen LogP contribution in [0.4, 0.5) is 0 Å². The highest BCUT2D eigenvalue weighted by molar-refractivity contribution is 5.99. The van der Waals surface area contributed by atoms with Crippen LogP contribution in [0.25, 0.3) is 11.1 Å². The molecule has 28 heavy (non-hydrogen) atoms. The number of Topliss-reactive ketones (excluding diaryl/α,β-unsaturated/α-hetero) is 1. The third kappa shape index (κ3) is 5.52. The van der Waals surface area contributed by atoms with Gasteiger partial charge in [-0.1, -0.05) is 61.5 Å². The van der Waals surface area contributed by atoms with E-state index < -0.39 is 23.8 Å². The van der Waals surface area contributed by atoms with Crippen molar-refractivity contribution in [2.24, 2.45) is 11.8 Å². The smallest absolute Gasteiger partial charge is 0.320 e. The van der Waals surface area contributed by atoms with E-state index in [1.807, 2.05) is 42.5 Å². The van der Waals surface area contributed by atoms with Crippen molar-refractivity contribution in [1.82, 2.24) is 0 Å². The van der Waals surface area contributed by atoms with Gasteiger partial charge in [0.1, 0.15) is 0 Å². The van der Waals surface area contributed by atoms with Crippen LogP contribution in [0.5, 0.6) is 0 Å². The highest BCUT2D eigenvalue weighted by Crippen LogP contribution is 2.24. The molecule has 1 atom stereocenters. The lowest BCUT2D eigenvalue weighted by molar-refractivity contribution is -0.164. The molecule has 0 bridgehead atoms. The Morgan fingerprint density at radius 1 is 0.786 bits per heavy atom. The third-order valence-corrected chi connectivity index (χ3v) is 4.47. The number of rotatable bonds is 9. The van der Waals surface area contributed by atoms with Crippen LogP contribution in [-0.2, 0) is 19.1 Å². The molecule has 0 spiro atoms. The summed E-state index contributed by atoms with van der Waals surface area (Å²) in [7, 11) is 0. The molecular formula is C23H26O5. The minimum absolute atomic E-state index is 0.0486. The topological polar surface area (TPSA) is 69.7 Å². The summed E-state index contributed by atoms with van der Waals surface area (Å²) in [5, 5.41) is 0. The average Bonchev–Trinajstić information content (AvgIpc) is 2.69. The first-order valence-electron chi connectivity index (χ1n) is 9.49. The van der Waals surface area contributed by atoms with Gasteiger partial charge in [0.2, 0.25) is 0 Å². The van der Waals surface area contributed by atoms with Gasteiger partial charge >= 0.3 is 11.9 Å². The lowest BCUT2D eigenvalue weighted by atomic mass is 9.87. The summed E-state index contributed by atoms with van der Waals surface area (Å²) >= 11 is 0. The summed E-state index contributed by atoms with van der Waals surface area (Å²) in [5.74, 6) is -3.07. The lowest BCUT2D eigenvalue weighted by Gasteiger charge is -2.20. The quantitative estimate of drug-likeness (QED) is 0.367. The van der Waals surface area contributed by atoms with Crippen molar-refractivity contribution in [2.45, 2.75) is 27.2 Å². The molecule has 0 saturated carbocycles. The van der Waals surface area contributed by atoms with Crippen LogP contribution >= 0.6 is 0 Å². The van der Waals surface area contributed by atoms with Crippen LogP contribution in [0.3, 0.4) is 0 Å². The minimum Gasteiger partial charge on any atom is -0.465 e. The van der Waals surface area contributed by atoms with Crippen LogP contribution in [0, 0.1) is 11.8 Å². The van der Waals surface area contributed by atoms with E-state index in [0.717, 1.165) is 11.1 Å². The van der Waals surface area contributed by atoms with Crippen molar-refractivity contribution >= 4 is 17.7 Å². The van der Waals surface area contributed by atoms with Crippen molar-refractivity contribution in [1.29, 1.82) is 0 Å². The molecule has 0 fully saturated rings. The van der Waals surface area contributed by atoms with Gasteiger partial charge in [-0.05, 0) is 30.9 Å². The van der Waals surface area contributed by atoms with Gasteiger partial charge in [-0.25, -0.2) is 0 Å². The summed E-state index contributed by atoms with van der Waals surface area (Å²) in [6.45, 7) is 5.36. The Morgan fingerprint density at radius 2 is 1.29 bits per heavy atom. The largest absolute Gasteiger partial charge is 0.465 e. The number of carbonyl (C=O) groups excluding carboxylic acids is 3. The van der Waals surface area contributed by atoms with Crippen molar-refractivity contribution in [3.63, 3.8) is 0 Å². The molecule has 1 unspecified atom stereocenters. The zero-order valence-corrected chi connectivity index (χ0v) is 16.5. The van der Waals surface area contributed by atoms with Crippen LogP contribution < -0.4 is 0 Å². The Hall–Kier alpha value is -2.95. The zero-order chi connectivity index (χ0) is 20.5. The summed E-state index contributed by atoms with van der Waals surface area (Å²) in [6, 6.07) is 17.2. The molecule has 0 aromatic heterocycles. The Balaban J connectivity index is 2.10. The summed E-state index contributed by atoms with van der Waals surface area (Å²) in [6.07, 6.45) is 0.0486. The van der Waals surface area contributed by atoms with E-state index in [4.69, 9.17) is 9.47 Å². The van der Waals surface area contributed by atoms with Crippen LogP contribution in [-0.4, -0.2) is 30.9 Å². The molecule has 0 heterocycles. The number of carbonyl (C=O) groups is 3. The molecule has 148 valence electrons. The number of ketones is 1. The summed E-state index contributed by atoms with van der Waals surface area (Å²) < 4.78 is 9.99. The first-order chi connectivity index (χ1) is 13.5. The maximum atomic E-state index is 12.7. The van der Waals surface area contributed by atoms with Crippen molar-refractivity contribution in [3.05, 3.63) is 60.2 Å². The van der Waals surface area contributed by atoms with Gasteiger partial charge in [0.25, 0.3) is 0 Å². The Labute approximate surface area is 165 Å². The Morgan fingerprint density at radius 3 is 1.79 bits per heavy atom. The first-order valence-corrected chi connectivity index (χ1v) is 9.49. The molecule has 0 aliphatic rings. The highest BCUT2D eigenvalue weighted by atomic mass is 16.6. The molecule has 2 aromatic carbocycles. The maximum absolute atomic E-state index is 12.7. The van der Waals surface area contributed by atoms with Gasteiger partial charge in [-0.2, -0.15) is 0 Å². The summed E-state index contributed by atoms with van der Waals surface area (Å²) in [5.41, 5.74) is 2.62. The second-order valence-corrected chi connectivity index (χ2v) is 6.53. The standard InChI is InChI=1S/C23H26O5/c1-4-27-22(25)21(23(26)28-5-2)16(3)15-20(24)19-13-11-18(12-14-19)17-9-7-6-8-10-17/h6-14,16,21H,4-5,15H2,1-3H3. The highest BCUT2D eigenvalue weighted by Gasteiger charge is 2.36. The van der Waals surface area contributed by atoms with Crippen LogP contribution in [0.2, 0.25) is 0 Å².